The summed E-state index contributed by atoms with van der Waals surface area (Å²) in [6.45, 7) is 1.57. The predicted octanol–water partition coefficient (Wildman–Crippen LogP) is 2.19. The highest BCUT2D eigenvalue weighted by Gasteiger charge is 2.28. The van der Waals surface area contributed by atoms with Crippen molar-refractivity contribution in [3.05, 3.63) is 28.0 Å². The molecule has 1 fully saturated rings. The fourth-order valence-corrected chi connectivity index (χ4v) is 2.70. The molecule has 0 aliphatic carbocycles. The van der Waals surface area contributed by atoms with Crippen LogP contribution in [0, 0.1) is 10.1 Å². The van der Waals surface area contributed by atoms with Gasteiger partial charge in [-0.2, -0.15) is 0 Å². The minimum Gasteiger partial charge on any atom is -0.351 e. The standard InChI is InChI=1S/C11H12N6O2S/c18-17(19)8-9(15-11-12-3-6-20-11)13-7-14-10(8)16-4-1-2-5-16/h3,6-7H,1-2,4-5H2,(H,12,13,14,15). The van der Waals surface area contributed by atoms with E-state index in [0.29, 0.717) is 10.9 Å². The van der Waals surface area contributed by atoms with Gasteiger partial charge in [-0.1, -0.05) is 0 Å². The van der Waals surface area contributed by atoms with E-state index < -0.39 is 4.92 Å². The van der Waals surface area contributed by atoms with E-state index in [2.05, 4.69) is 20.3 Å². The smallest absolute Gasteiger partial charge is 0.351 e. The molecule has 2 aromatic rings. The molecule has 0 unspecified atom stereocenters. The summed E-state index contributed by atoms with van der Waals surface area (Å²) in [6.07, 6.45) is 5.02. The fourth-order valence-electron chi connectivity index (χ4n) is 2.18. The normalized spacial score (nSPS) is 14.5. The third-order valence-corrected chi connectivity index (χ3v) is 3.74. The lowest BCUT2D eigenvalue weighted by atomic mass is 10.4. The molecule has 0 atom stereocenters. The zero-order chi connectivity index (χ0) is 13.9. The van der Waals surface area contributed by atoms with Gasteiger partial charge in [-0.15, -0.1) is 11.3 Å². The number of rotatable bonds is 4. The highest BCUT2D eigenvalue weighted by atomic mass is 32.1. The second-order valence-electron chi connectivity index (χ2n) is 4.31. The molecular weight excluding hydrogens is 280 g/mol. The van der Waals surface area contributed by atoms with Gasteiger partial charge in [0.1, 0.15) is 6.33 Å². The van der Waals surface area contributed by atoms with Crippen molar-refractivity contribution >= 4 is 33.8 Å². The number of anilines is 3. The minimum atomic E-state index is -0.441. The van der Waals surface area contributed by atoms with E-state index in [-0.39, 0.29) is 11.5 Å². The number of nitro groups is 1. The summed E-state index contributed by atoms with van der Waals surface area (Å²) in [7, 11) is 0. The molecule has 3 rings (SSSR count). The van der Waals surface area contributed by atoms with Crippen molar-refractivity contribution in [1.29, 1.82) is 0 Å². The summed E-state index contributed by atoms with van der Waals surface area (Å²) < 4.78 is 0. The van der Waals surface area contributed by atoms with Crippen molar-refractivity contribution in [2.24, 2.45) is 0 Å². The number of aromatic nitrogens is 3. The van der Waals surface area contributed by atoms with Gasteiger partial charge in [-0.25, -0.2) is 15.0 Å². The van der Waals surface area contributed by atoms with E-state index in [1.807, 2.05) is 4.90 Å². The molecule has 104 valence electrons. The van der Waals surface area contributed by atoms with Crippen LogP contribution in [0.2, 0.25) is 0 Å². The molecule has 0 spiro atoms. The molecule has 1 aliphatic rings. The number of nitrogens with one attached hydrogen (secondary N) is 1. The Morgan fingerprint density at radius 2 is 2.10 bits per heavy atom. The van der Waals surface area contributed by atoms with Crippen LogP contribution >= 0.6 is 11.3 Å². The molecule has 0 aromatic carbocycles. The fraction of sp³-hybridized carbons (Fsp3) is 0.364. The Bertz CT molecular complexity index is 611. The molecule has 1 N–H and O–H groups in total. The Hall–Kier alpha value is -2.29. The average molecular weight is 292 g/mol. The zero-order valence-corrected chi connectivity index (χ0v) is 11.3. The molecule has 1 saturated heterocycles. The predicted molar refractivity (Wildman–Crippen MR) is 75.5 cm³/mol. The van der Waals surface area contributed by atoms with E-state index >= 15 is 0 Å². The number of nitrogens with zero attached hydrogens (tertiary/aromatic N) is 5. The lowest BCUT2D eigenvalue weighted by Gasteiger charge is -2.16. The largest absolute Gasteiger partial charge is 0.353 e. The second-order valence-corrected chi connectivity index (χ2v) is 5.20. The van der Waals surface area contributed by atoms with Gasteiger partial charge in [0, 0.05) is 24.7 Å². The van der Waals surface area contributed by atoms with Gasteiger partial charge in [0.15, 0.2) is 5.13 Å². The van der Waals surface area contributed by atoms with Gasteiger partial charge in [0.2, 0.25) is 11.6 Å². The molecule has 0 saturated carbocycles. The average Bonchev–Trinajstić information content (AvgIpc) is 3.11. The van der Waals surface area contributed by atoms with E-state index in [9.17, 15) is 10.1 Å². The molecule has 1 aliphatic heterocycles. The molecular formula is C11H12N6O2S. The van der Waals surface area contributed by atoms with E-state index in [4.69, 9.17) is 0 Å². The van der Waals surface area contributed by atoms with Gasteiger partial charge in [0.05, 0.1) is 4.92 Å². The van der Waals surface area contributed by atoms with Crippen molar-refractivity contribution in [3.8, 4) is 0 Å². The first-order chi connectivity index (χ1) is 9.75. The van der Waals surface area contributed by atoms with Crippen LogP contribution in [0.25, 0.3) is 0 Å². The first-order valence-electron chi connectivity index (χ1n) is 6.16. The van der Waals surface area contributed by atoms with Crippen molar-refractivity contribution in [2.75, 3.05) is 23.3 Å². The monoisotopic (exact) mass is 292 g/mol. The van der Waals surface area contributed by atoms with Gasteiger partial charge >= 0.3 is 5.69 Å². The van der Waals surface area contributed by atoms with Crippen molar-refractivity contribution in [1.82, 2.24) is 15.0 Å². The molecule has 0 radical (unpaired) electrons. The Morgan fingerprint density at radius 3 is 2.75 bits per heavy atom. The minimum absolute atomic E-state index is 0.0930. The summed E-state index contributed by atoms with van der Waals surface area (Å²) in [6, 6.07) is 0. The van der Waals surface area contributed by atoms with Gasteiger partial charge in [0.25, 0.3) is 0 Å². The van der Waals surface area contributed by atoms with Crippen LogP contribution in [0.4, 0.5) is 22.5 Å². The number of hydrogen-bond acceptors (Lipinski definition) is 8. The van der Waals surface area contributed by atoms with Crippen molar-refractivity contribution in [2.45, 2.75) is 12.8 Å². The molecule has 8 nitrogen and oxygen atoms in total. The highest BCUT2D eigenvalue weighted by Crippen LogP contribution is 2.35. The summed E-state index contributed by atoms with van der Waals surface area (Å²) in [5.41, 5.74) is -0.0930. The van der Waals surface area contributed by atoms with E-state index in [0.717, 1.165) is 25.9 Å². The summed E-state index contributed by atoms with van der Waals surface area (Å²) in [4.78, 5) is 25.0. The maximum Gasteiger partial charge on any atom is 0.353 e. The topological polar surface area (TPSA) is 97.1 Å². The number of thiazole rings is 1. The van der Waals surface area contributed by atoms with Gasteiger partial charge in [-0.3, -0.25) is 10.1 Å². The van der Waals surface area contributed by atoms with Crippen LogP contribution in [0.5, 0.6) is 0 Å². The van der Waals surface area contributed by atoms with Crippen molar-refractivity contribution < 1.29 is 4.92 Å². The lowest BCUT2D eigenvalue weighted by molar-refractivity contribution is -0.383. The SMILES string of the molecule is O=[N+]([O-])c1c(Nc2nccs2)ncnc1N1CCCC1. The number of hydrogen-bond donors (Lipinski definition) is 1. The summed E-state index contributed by atoms with van der Waals surface area (Å²) in [5, 5.41) is 16.6. The third kappa shape index (κ3) is 2.39. The zero-order valence-electron chi connectivity index (χ0n) is 10.5. The quantitative estimate of drug-likeness (QED) is 0.681. The van der Waals surface area contributed by atoms with E-state index in [1.54, 1.807) is 11.6 Å². The van der Waals surface area contributed by atoms with Crippen molar-refractivity contribution in [3.63, 3.8) is 0 Å². The van der Waals surface area contributed by atoms with Crippen LogP contribution in [0.3, 0.4) is 0 Å². The summed E-state index contributed by atoms with van der Waals surface area (Å²) >= 11 is 1.36. The molecule has 9 heteroatoms. The molecule has 0 amide bonds. The molecule has 2 aromatic heterocycles. The molecule has 20 heavy (non-hydrogen) atoms. The third-order valence-electron chi connectivity index (χ3n) is 3.05. The van der Waals surface area contributed by atoms with Crippen LogP contribution in [0.1, 0.15) is 12.8 Å². The molecule has 0 bridgehead atoms. The lowest BCUT2D eigenvalue weighted by Crippen LogP contribution is -2.21. The Balaban J connectivity index is 2.00. The maximum absolute atomic E-state index is 11.4. The maximum atomic E-state index is 11.4. The van der Waals surface area contributed by atoms with Crippen LogP contribution in [0.15, 0.2) is 17.9 Å². The van der Waals surface area contributed by atoms with Gasteiger partial charge < -0.3 is 10.2 Å². The van der Waals surface area contributed by atoms with E-state index in [1.165, 1.54) is 17.7 Å². The second kappa shape index (κ2) is 5.37. The van der Waals surface area contributed by atoms with Crippen LogP contribution < -0.4 is 10.2 Å². The highest BCUT2D eigenvalue weighted by molar-refractivity contribution is 7.13. The van der Waals surface area contributed by atoms with Crippen LogP contribution in [-0.2, 0) is 0 Å². The molecule has 3 heterocycles. The Labute approximate surface area is 118 Å². The Kier molecular flexibility index (Phi) is 3.42. The Morgan fingerprint density at radius 1 is 1.30 bits per heavy atom. The first kappa shape index (κ1) is 12.7. The summed E-state index contributed by atoms with van der Waals surface area (Å²) in [5.74, 6) is 0.559. The van der Waals surface area contributed by atoms with Crippen LogP contribution in [-0.4, -0.2) is 33.0 Å². The first-order valence-corrected chi connectivity index (χ1v) is 7.04. The van der Waals surface area contributed by atoms with Gasteiger partial charge in [-0.05, 0) is 12.8 Å².